The Morgan fingerprint density at radius 1 is 1.11 bits per heavy atom. The summed E-state index contributed by atoms with van der Waals surface area (Å²) in [5, 5.41) is 7.29. The van der Waals surface area contributed by atoms with Gasteiger partial charge in [0, 0.05) is 5.56 Å². The molecular formula is C14H17ClN2O. The molecule has 0 unspecified atom stereocenters. The highest BCUT2D eigenvalue weighted by molar-refractivity contribution is 5.92. The first-order valence-corrected chi connectivity index (χ1v) is 5.62. The molecule has 1 heterocycles. The van der Waals surface area contributed by atoms with Gasteiger partial charge in [0.15, 0.2) is 11.6 Å². The van der Waals surface area contributed by atoms with Crippen molar-refractivity contribution >= 4 is 18.2 Å². The number of benzene rings is 1. The van der Waals surface area contributed by atoms with Crippen molar-refractivity contribution in [2.24, 2.45) is 5.73 Å². The zero-order chi connectivity index (χ0) is 12.4. The van der Waals surface area contributed by atoms with E-state index >= 15 is 0 Å². The molecule has 0 radical (unpaired) electrons. The molecule has 0 aliphatic heterocycles. The molecule has 96 valence electrons. The third-order valence-electron chi connectivity index (χ3n) is 2.73. The zero-order valence-electron chi connectivity index (χ0n) is 10.4. The van der Waals surface area contributed by atoms with E-state index in [2.05, 4.69) is 26.0 Å². The molecule has 0 fully saturated rings. The highest BCUT2D eigenvalue weighted by Gasteiger charge is 2.07. The molecule has 18 heavy (non-hydrogen) atoms. The first kappa shape index (κ1) is 14.3. The third-order valence-corrected chi connectivity index (χ3v) is 2.73. The van der Waals surface area contributed by atoms with E-state index < -0.39 is 0 Å². The molecule has 0 amide bonds. The lowest BCUT2D eigenvalue weighted by Crippen LogP contribution is -2.09. The molecule has 0 bridgehead atoms. The van der Waals surface area contributed by atoms with Gasteiger partial charge < -0.3 is 10.2 Å². The number of hydrogen-bond donors (Lipinski definition) is 2. The Morgan fingerprint density at radius 2 is 1.72 bits per heavy atom. The monoisotopic (exact) mass is 264 g/mol. The smallest absolute Gasteiger partial charge is 0.168 e. The lowest BCUT2D eigenvalue weighted by Gasteiger charge is -2.05. The second-order valence-electron chi connectivity index (χ2n) is 4.35. The van der Waals surface area contributed by atoms with Crippen molar-refractivity contribution in [3.05, 3.63) is 47.7 Å². The molecular weight excluding hydrogens is 248 g/mol. The minimum absolute atomic E-state index is 0. The molecule has 0 atom stereocenters. The highest BCUT2D eigenvalue weighted by atomic mass is 35.5. The predicted octanol–water partition coefficient (Wildman–Crippen LogP) is 3.78. The van der Waals surface area contributed by atoms with Gasteiger partial charge in [0.05, 0.1) is 0 Å². The van der Waals surface area contributed by atoms with Crippen LogP contribution in [0.15, 0.2) is 40.8 Å². The van der Waals surface area contributed by atoms with Gasteiger partial charge in [-0.2, -0.15) is 0 Å². The van der Waals surface area contributed by atoms with Crippen LogP contribution in [-0.4, -0.2) is 5.84 Å². The van der Waals surface area contributed by atoms with Gasteiger partial charge in [0.2, 0.25) is 0 Å². The molecule has 0 saturated heterocycles. The summed E-state index contributed by atoms with van der Waals surface area (Å²) in [6.07, 6.45) is 0. The van der Waals surface area contributed by atoms with Gasteiger partial charge in [-0.1, -0.05) is 38.1 Å². The number of furan rings is 1. The largest absolute Gasteiger partial charge is 0.453 e. The third kappa shape index (κ3) is 2.93. The molecule has 0 aliphatic rings. The Hall–Kier alpha value is -1.74. The van der Waals surface area contributed by atoms with E-state index in [0.717, 1.165) is 11.3 Å². The Balaban J connectivity index is 0.00000162. The summed E-state index contributed by atoms with van der Waals surface area (Å²) in [4.78, 5) is 0. The fourth-order valence-corrected chi connectivity index (χ4v) is 1.67. The number of nitrogens with two attached hydrogens (primary N) is 1. The van der Waals surface area contributed by atoms with E-state index in [1.165, 1.54) is 5.56 Å². The average Bonchev–Trinajstić information content (AvgIpc) is 2.78. The van der Waals surface area contributed by atoms with Gasteiger partial charge >= 0.3 is 0 Å². The molecule has 0 spiro atoms. The fourth-order valence-electron chi connectivity index (χ4n) is 1.67. The summed E-state index contributed by atoms with van der Waals surface area (Å²) in [7, 11) is 0. The van der Waals surface area contributed by atoms with Crippen LogP contribution in [0.3, 0.4) is 0 Å². The zero-order valence-corrected chi connectivity index (χ0v) is 11.3. The number of nitrogens with one attached hydrogen (secondary N) is 1. The second-order valence-corrected chi connectivity index (χ2v) is 4.35. The van der Waals surface area contributed by atoms with Gasteiger partial charge in [0.1, 0.15) is 5.76 Å². The van der Waals surface area contributed by atoms with E-state index in [4.69, 9.17) is 15.6 Å². The molecule has 0 aliphatic carbocycles. The Labute approximate surface area is 113 Å². The minimum atomic E-state index is -0.0462. The number of hydrogen-bond acceptors (Lipinski definition) is 2. The lowest BCUT2D eigenvalue weighted by atomic mass is 10.0. The van der Waals surface area contributed by atoms with Crippen LogP contribution < -0.4 is 5.73 Å². The summed E-state index contributed by atoms with van der Waals surface area (Å²) in [6.45, 7) is 4.32. The summed E-state index contributed by atoms with van der Waals surface area (Å²) in [5.41, 5.74) is 7.66. The summed E-state index contributed by atoms with van der Waals surface area (Å²) >= 11 is 0. The number of amidine groups is 1. The SMILES string of the molecule is CC(C)c1ccc(-c2ccc(C(=N)N)o2)cc1.Cl. The quantitative estimate of drug-likeness (QED) is 0.655. The van der Waals surface area contributed by atoms with Gasteiger partial charge in [-0.15, -0.1) is 12.4 Å². The van der Waals surface area contributed by atoms with Crippen LogP contribution in [0, 0.1) is 5.41 Å². The summed E-state index contributed by atoms with van der Waals surface area (Å²) in [6, 6.07) is 11.8. The maximum absolute atomic E-state index is 7.29. The van der Waals surface area contributed by atoms with Gasteiger partial charge in [-0.25, -0.2) is 0 Å². The van der Waals surface area contributed by atoms with Crippen molar-refractivity contribution in [3.63, 3.8) is 0 Å². The van der Waals surface area contributed by atoms with E-state index in [1.807, 2.05) is 18.2 Å². The molecule has 2 aromatic rings. The summed E-state index contributed by atoms with van der Waals surface area (Å²) in [5.74, 6) is 1.63. The molecule has 2 rings (SSSR count). The Bertz CT molecular complexity index is 529. The molecule has 1 aromatic heterocycles. The van der Waals surface area contributed by atoms with Gasteiger partial charge in [-0.05, 0) is 23.6 Å². The normalized spacial score (nSPS) is 10.2. The standard InChI is InChI=1S/C14H16N2O.ClH/c1-9(2)10-3-5-11(6-4-10)12-7-8-13(17-12)14(15)16;/h3-9H,1-2H3,(H3,15,16);1H. The fraction of sp³-hybridized carbons (Fsp3) is 0.214. The van der Waals surface area contributed by atoms with E-state index in [9.17, 15) is 0 Å². The molecule has 1 aromatic carbocycles. The maximum Gasteiger partial charge on any atom is 0.168 e. The van der Waals surface area contributed by atoms with Crippen molar-refractivity contribution in [1.82, 2.24) is 0 Å². The van der Waals surface area contributed by atoms with E-state index in [1.54, 1.807) is 6.07 Å². The van der Waals surface area contributed by atoms with Crippen LogP contribution in [0.1, 0.15) is 31.1 Å². The maximum atomic E-state index is 7.29. The van der Waals surface area contributed by atoms with Crippen LogP contribution in [0.25, 0.3) is 11.3 Å². The highest BCUT2D eigenvalue weighted by Crippen LogP contribution is 2.24. The number of halogens is 1. The molecule has 3 nitrogen and oxygen atoms in total. The van der Waals surface area contributed by atoms with Crippen molar-refractivity contribution in [1.29, 1.82) is 5.41 Å². The Morgan fingerprint density at radius 3 is 2.17 bits per heavy atom. The topological polar surface area (TPSA) is 63.0 Å². The second kappa shape index (κ2) is 5.74. The van der Waals surface area contributed by atoms with Gasteiger partial charge in [0.25, 0.3) is 0 Å². The average molecular weight is 265 g/mol. The predicted molar refractivity (Wildman–Crippen MR) is 76.5 cm³/mol. The lowest BCUT2D eigenvalue weighted by molar-refractivity contribution is 0.571. The van der Waals surface area contributed by atoms with Gasteiger partial charge in [-0.3, -0.25) is 5.41 Å². The number of nitrogen functional groups attached to an aromatic ring is 1. The number of rotatable bonds is 3. The molecule has 0 saturated carbocycles. The van der Waals surface area contributed by atoms with Crippen LogP contribution in [-0.2, 0) is 0 Å². The van der Waals surface area contributed by atoms with Crippen molar-refractivity contribution < 1.29 is 4.42 Å². The first-order chi connectivity index (χ1) is 8.08. The van der Waals surface area contributed by atoms with E-state index in [-0.39, 0.29) is 18.2 Å². The molecule has 3 N–H and O–H groups in total. The van der Waals surface area contributed by atoms with Crippen LogP contribution >= 0.6 is 12.4 Å². The van der Waals surface area contributed by atoms with Crippen LogP contribution in [0.4, 0.5) is 0 Å². The van der Waals surface area contributed by atoms with Crippen LogP contribution in [0.2, 0.25) is 0 Å². The summed E-state index contributed by atoms with van der Waals surface area (Å²) < 4.78 is 5.48. The van der Waals surface area contributed by atoms with Crippen molar-refractivity contribution in [3.8, 4) is 11.3 Å². The van der Waals surface area contributed by atoms with Crippen LogP contribution in [0.5, 0.6) is 0 Å². The van der Waals surface area contributed by atoms with Crippen molar-refractivity contribution in [2.75, 3.05) is 0 Å². The first-order valence-electron chi connectivity index (χ1n) is 5.62. The minimum Gasteiger partial charge on any atom is -0.453 e. The van der Waals surface area contributed by atoms with E-state index in [0.29, 0.717) is 11.7 Å². The molecule has 4 heteroatoms. The van der Waals surface area contributed by atoms with Crippen molar-refractivity contribution in [2.45, 2.75) is 19.8 Å². The Kier molecular flexibility index (Phi) is 4.56.